The van der Waals surface area contributed by atoms with Gasteiger partial charge in [0.2, 0.25) is 0 Å². The van der Waals surface area contributed by atoms with Crippen molar-refractivity contribution in [1.29, 1.82) is 0 Å². The molecule has 0 saturated carbocycles. The topological polar surface area (TPSA) is 72.0 Å². The highest BCUT2D eigenvalue weighted by atomic mass is 16.5. The Hall–Kier alpha value is -1.91. The van der Waals surface area contributed by atoms with E-state index in [0.717, 1.165) is 6.42 Å². The van der Waals surface area contributed by atoms with Crippen molar-refractivity contribution in [3.63, 3.8) is 0 Å². The average Bonchev–Trinajstić information content (AvgIpc) is 2.66. The van der Waals surface area contributed by atoms with Gasteiger partial charge in [-0.1, -0.05) is 19.0 Å². The maximum Gasteiger partial charge on any atom is 0.261 e. The number of aromatic nitrogens is 3. The molecule has 1 N–H and O–H groups in total. The first-order valence-electron chi connectivity index (χ1n) is 5.12. The van der Waals surface area contributed by atoms with Crippen LogP contribution in [-0.2, 0) is 6.42 Å². The van der Waals surface area contributed by atoms with E-state index in [1.165, 1.54) is 6.20 Å². The van der Waals surface area contributed by atoms with Crippen LogP contribution in [-0.4, -0.2) is 20.2 Å². The normalized spacial score (nSPS) is 10.9. The monoisotopic (exact) mass is 219 g/mol. The summed E-state index contributed by atoms with van der Waals surface area (Å²) < 4.78 is 5.08. The summed E-state index contributed by atoms with van der Waals surface area (Å²) in [6.07, 6.45) is 3.68. The van der Waals surface area contributed by atoms with Crippen LogP contribution in [0.1, 0.15) is 19.7 Å². The Kier molecular flexibility index (Phi) is 2.85. The quantitative estimate of drug-likeness (QED) is 0.855. The predicted octanol–water partition coefficient (Wildman–Crippen LogP) is 2.04. The summed E-state index contributed by atoms with van der Waals surface area (Å²) in [4.78, 5) is 8.00. The lowest BCUT2D eigenvalue weighted by atomic mass is 10.1. The van der Waals surface area contributed by atoms with Crippen LogP contribution in [0.3, 0.4) is 0 Å². The molecule has 0 saturated heterocycles. The van der Waals surface area contributed by atoms with Gasteiger partial charge >= 0.3 is 0 Å². The fraction of sp³-hybridized carbons (Fsp3) is 0.364. The Balaban J connectivity index is 2.28. The Morgan fingerprint density at radius 2 is 2.25 bits per heavy atom. The molecule has 16 heavy (non-hydrogen) atoms. The number of nitrogens with zero attached hydrogens (tertiary/aromatic N) is 3. The number of aromatic hydroxyl groups is 1. The van der Waals surface area contributed by atoms with Crippen LogP contribution >= 0.6 is 0 Å². The third-order valence-electron chi connectivity index (χ3n) is 2.09. The maximum absolute atomic E-state index is 9.56. The standard InChI is InChI=1S/C11H13N3O2/c1-7(2)5-10-13-11(16-14-10)8-3-4-12-6-9(8)15/h3-4,6-7,15H,5H2,1-2H3. The number of hydrogen-bond acceptors (Lipinski definition) is 5. The van der Waals surface area contributed by atoms with Gasteiger partial charge < -0.3 is 9.63 Å². The van der Waals surface area contributed by atoms with Crippen molar-refractivity contribution >= 4 is 0 Å². The molecular formula is C11H13N3O2. The van der Waals surface area contributed by atoms with Gasteiger partial charge in [-0.3, -0.25) is 4.98 Å². The smallest absolute Gasteiger partial charge is 0.261 e. The van der Waals surface area contributed by atoms with Crippen LogP contribution in [0, 0.1) is 5.92 Å². The first-order chi connectivity index (χ1) is 7.66. The van der Waals surface area contributed by atoms with Crippen LogP contribution in [0.25, 0.3) is 11.5 Å². The highest BCUT2D eigenvalue weighted by Crippen LogP contribution is 2.26. The van der Waals surface area contributed by atoms with Gasteiger partial charge in [0, 0.05) is 12.6 Å². The van der Waals surface area contributed by atoms with E-state index < -0.39 is 0 Å². The first kappa shape index (κ1) is 10.6. The fourth-order valence-corrected chi connectivity index (χ4v) is 1.38. The molecule has 5 heteroatoms. The number of hydrogen-bond donors (Lipinski definition) is 1. The summed E-state index contributed by atoms with van der Waals surface area (Å²) in [5.74, 6) is 1.50. The van der Waals surface area contributed by atoms with Crippen LogP contribution in [0.5, 0.6) is 5.75 Å². The third kappa shape index (κ3) is 2.18. The average molecular weight is 219 g/mol. The van der Waals surface area contributed by atoms with Crippen LogP contribution in [0.2, 0.25) is 0 Å². The van der Waals surface area contributed by atoms with Crippen molar-refractivity contribution in [2.45, 2.75) is 20.3 Å². The molecule has 0 radical (unpaired) electrons. The molecule has 0 atom stereocenters. The van der Waals surface area contributed by atoms with Gasteiger partial charge in [-0.15, -0.1) is 0 Å². The summed E-state index contributed by atoms with van der Waals surface area (Å²) in [7, 11) is 0. The van der Waals surface area contributed by atoms with E-state index in [1.807, 2.05) is 0 Å². The molecule has 0 aromatic carbocycles. The van der Waals surface area contributed by atoms with Gasteiger partial charge in [-0.05, 0) is 12.0 Å². The molecule has 0 spiro atoms. The van der Waals surface area contributed by atoms with E-state index in [9.17, 15) is 5.11 Å². The summed E-state index contributed by atoms with van der Waals surface area (Å²) in [5, 5.41) is 13.4. The molecule has 2 aromatic heterocycles. The molecule has 0 fully saturated rings. The van der Waals surface area contributed by atoms with Crippen molar-refractivity contribution in [3.05, 3.63) is 24.3 Å². The molecule has 0 unspecified atom stereocenters. The van der Waals surface area contributed by atoms with E-state index in [0.29, 0.717) is 23.2 Å². The Morgan fingerprint density at radius 1 is 1.44 bits per heavy atom. The minimum absolute atomic E-state index is 0.0437. The molecule has 84 valence electrons. The van der Waals surface area contributed by atoms with Gasteiger partial charge in [-0.2, -0.15) is 4.98 Å². The van der Waals surface area contributed by atoms with Gasteiger partial charge in [0.15, 0.2) is 5.82 Å². The number of pyridine rings is 1. The number of rotatable bonds is 3. The fourth-order valence-electron chi connectivity index (χ4n) is 1.38. The maximum atomic E-state index is 9.56. The summed E-state index contributed by atoms with van der Waals surface area (Å²) >= 11 is 0. The van der Waals surface area contributed by atoms with Crippen LogP contribution in [0.15, 0.2) is 23.0 Å². The van der Waals surface area contributed by atoms with Crippen molar-refractivity contribution in [1.82, 2.24) is 15.1 Å². The summed E-state index contributed by atoms with van der Waals surface area (Å²) in [6.45, 7) is 4.17. The van der Waals surface area contributed by atoms with Crippen molar-refractivity contribution in [2.24, 2.45) is 5.92 Å². The van der Waals surface area contributed by atoms with E-state index in [4.69, 9.17) is 4.52 Å². The van der Waals surface area contributed by atoms with Crippen LogP contribution < -0.4 is 0 Å². The largest absolute Gasteiger partial charge is 0.505 e. The van der Waals surface area contributed by atoms with Gasteiger partial charge in [0.25, 0.3) is 5.89 Å². The lowest BCUT2D eigenvalue weighted by Crippen LogP contribution is -1.95. The predicted molar refractivity (Wildman–Crippen MR) is 57.7 cm³/mol. The van der Waals surface area contributed by atoms with E-state index >= 15 is 0 Å². The van der Waals surface area contributed by atoms with E-state index in [-0.39, 0.29) is 5.75 Å². The molecule has 0 aliphatic carbocycles. The Morgan fingerprint density at radius 3 is 2.94 bits per heavy atom. The van der Waals surface area contributed by atoms with Gasteiger partial charge in [-0.25, -0.2) is 0 Å². The molecule has 2 heterocycles. The second kappa shape index (κ2) is 4.30. The minimum Gasteiger partial charge on any atom is -0.505 e. The SMILES string of the molecule is CC(C)Cc1noc(-c2ccncc2O)n1. The van der Waals surface area contributed by atoms with E-state index in [2.05, 4.69) is 29.0 Å². The summed E-state index contributed by atoms with van der Waals surface area (Å²) in [5.41, 5.74) is 0.512. The first-order valence-corrected chi connectivity index (χ1v) is 5.12. The summed E-state index contributed by atoms with van der Waals surface area (Å²) in [6, 6.07) is 1.64. The zero-order chi connectivity index (χ0) is 11.5. The lowest BCUT2D eigenvalue weighted by molar-refractivity contribution is 0.413. The Bertz CT molecular complexity index is 480. The van der Waals surface area contributed by atoms with Gasteiger partial charge in [0.05, 0.1) is 11.8 Å². The molecule has 5 nitrogen and oxygen atoms in total. The highest BCUT2D eigenvalue weighted by Gasteiger charge is 2.13. The van der Waals surface area contributed by atoms with Crippen molar-refractivity contribution in [3.8, 4) is 17.2 Å². The molecule has 0 amide bonds. The van der Waals surface area contributed by atoms with Crippen molar-refractivity contribution in [2.75, 3.05) is 0 Å². The van der Waals surface area contributed by atoms with Crippen molar-refractivity contribution < 1.29 is 9.63 Å². The van der Waals surface area contributed by atoms with Crippen LogP contribution in [0.4, 0.5) is 0 Å². The highest BCUT2D eigenvalue weighted by molar-refractivity contribution is 5.60. The zero-order valence-corrected chi connectivity index (χ0v) is 9.21. The van der Waals surface area contributed by atoms with E-state index in [1.54, 1.807) is 12.3 Å². The molecule has 0 aliphatic heterocycles. The second-order valence-electron chi connectivity index (χ2n) is 4.01. The molecule has 2 aromatic rings. The second-order valence-corrected chi connectivity index (χ2v) is 4.01. The Labute approximate surface area is 93.1 Å². The molecule has 0 aliphatic rings. The zero-order valence-electron chi connectivity index (χ0n) is 9.21. The van der Waals surface area contributed by atoms with Gasteiger partial charge in [0.1, 0.15) is 5.75 Å². The molecular weight excluding hydrogens is 206 g/mol. The minimum atomic E-state index is 0.0437. The molecule has 0 bridgehead atoms. The third-order valence-corrected chi connectivity index (χ3v) is 2.09. The molecule has 2 rings (SSSR count). The lowest BCUT2D eigenvalue weighted by Gasteiger charge is -1.97.